The molecule has 1 aliphatic heterocycles. The van der Waals surface area contributed by atoms with Crippen LogP contribution in [0.1, 0.15) is 45.4 Å². The van der Waals surface area contributed by atoms with Crippen LogP contribution in [0.5, 0.6) is 0 Å². The summed E-state index contributed by atoms with van der Waals surface area (Å²) in [4.78, 5) is 13.8. The lowest BCUT2D eigenvalue weighted by Gasteiger charge is -2.23. The maximum absolute atomic E-state index is 11.7. The lowest BCUT2D eigenvalue weighted by atomic mass is 10.1. The summed E-state index contributed by atoms with van der Waals surface area (Å²) in [5.74, 6) is 0.280. The van der Waals surface area contributed by atoms with Gasteiger partial charge in [-0.25, -0.2) is 0 Å². The van der Waals surface area contributed by atoms with Gasteiger partial charge in [0.2, 0.25) is 5.91 Å². The van der Waals surface area contributed by atoms with E-state index in [1.807, 2.05) is 4.90 Å². The summed E-state index contributed by atoms with van der Waals surface area (Å²) in [6.07, 6.45) is 5.58. The number of hydrogen-bond donors (Lipinski definition) is 1. The molecule has 0 aromatic rings. The van der Waals surface area contributed by atoms with Crippen LogP contribution in [0.25, 0.3) is 0 Å². The molecule has 0 saturated carbocycles. The van der Waals surface area contributed by atoms with Crippen LogP contribution in [-0.2, 0) is 4.79 Å². The predicted molar refractivity (Wildman–Crippen MR) is 56.0 cm³/mol. The molecule has 0 aromatic heterocycles. The molecule has 3 heteroatoms. The first-order valence-corrected chi connectivity index (χ1v) is 5.70. The van der Waals surface area contributed by atoms with E-state index in [9.17, 15) is 4.79 Å². The number of carbonyl (C=O) groups is 1. The standard InChI is InChI=1S/C11H21NO2/c1-2-10-6-5-8-12(10)11(14)7-3-4-9-13/h10,13H,2-9H2,1H3. The minimum atomic E-state index is 0.199. The molecule has 1 rings (SSSR count). The molecule has 82 valence electrons. The zero-order valence-electron chi connectivity index (χ0n) is 9.04. The fourth-order valence-electron chi connectivity index (χ4n) is 2.12. The number of likely N-dealkylation sites (tertiary alicyclic amines) is 1. The Morgan fingerprint density at radius 2 is 2.29 bits per heavy atom. The Morgan fingerprint density at radius 1 is 1.50 bits per heavy atom. The number of amides is 1. The average molecular weight is 199 g/mol. The minimum absolute atomic E-state index is 0.199. The molecule has 1 heterocycles. The Hall–Kier alpha value is -0.570. The monoisotopic (exact) mass is 199 g/mol. The molecular formula is C11H21NO2. The summed E-state index contributed by atoms with van der Waals surface area (Å²) in [7, 11) is 0. The van der Waals surface area contributed by atoms with E-state index in [0.29, 0.717) is 12.5 Å². The first-order valence-electron chi connectivity index (χ1n) is 5.70. The van der Waals surface area contributed by atoms with E-state index < -0.39 is 0 Å². The predicted octanol–water partition coefficient (Wildman–Crippen LogP) is 1.55. The van der Waals surface area contributed by atoms with Gasteiger partial charge in [-0.2, -0.15) is 0 Å². The molecule has 1 atom stereocenters. The van der Waals surface area contributed by atoms with E-state index in [-0.39, 0.29) is 12.5 Å². The average Bonchev–Trinajstić information content (AvgIpc) is 2.65. The number of unbranched alkanes of at least 4 members (excludes halogenated alkanes) is 1. The SMILES string of the molecule is CCC1CCCN1C(=O)CCCCO. The van der Waals surface area contributed by atoms with Crippen LogP contribution in [0.15, 0.2) is 0 Å². The second-order valence-corrected chi connectivity index (χ2v) is 3.97. The minimum Gasteiger partial charge on any atom is -0.396 e. The number of rotatable bonds is 5. The van der Waals surface area contributed by atoms with Crippen LogP contribution < -0.4 is 0 Å². The van der Waals surface area contributed by atoms with Crippen LogP contribution in [0.4, 0.5) is 0 Å². The van der Waals surface area contributed by atoms with E-state index >= 15 is 0 Å². The fourth-order valence-corrected chi connectivity index (χ4v) is 2.12. The lowest BCUT2D eigenvalue weighted by molar-refractivity contribution is -0.132. The van der Waals surface area contributed by atoms with Crippen molar-refractivity contribution in [1.29, 1.82) is 0 Å². The summed E-state index contributed by atoms with van der Waals surface area (Å²) in [6, 6.07) is 0.483. The van der Waals surface area contributed by atoms with E-state index in [1.54, 1.807) is 0 Å². The molecule has 0 radical (unpaired) electrons. The Kier molecular flexibility index (Phi) is 4.94. The third-order valence-corrected chi connectivity index (χ3v) is 2.97. The van der Waals surface area contributed by atoms with Crippen molar-refractivity contribution < 1.29 is 9.90 Å². The van der Waals surface area contributed by atoms with Gasteiger partial charge in [-0.1, -0.05) is 6.92 Å². The highest BCUT2D eigenvalue weighted by atomic mass is 16.3. The Labute approximate surface area is 86.1 Å². The number of carbonyl (C=O) groups excluding carboxylic acids is 1. The highest BCUT2D eigenvalue weighted by molar-refractivity contribution is 5.76. The molecular weight excluding hydrogens is 178 g/mol. The summed E-state index contributed by atoms with van der Waals surface area (Å²) in [5.41, 5.74) is 0. The maximum atomic E-state index is 11.7. The smallest absolute Gasteiger partial charge is 0.222 e. The zero-order chi connectivity index (χ0) is 10.4. The molecule has 0 spiro atoms. The highest BCUT2D eigenvalue weighted by Gasteiger charge is 2.26. The molecule has 3 nitrogen and oxygen atoms in total. The normalized spacial score (nSPS) is 21.6. The first kappa shape index (κ1) is 11.5. The van der Waals surface area contributed by atoms with Crippen molar-refractivity contribution in [3.05, 3.63) is 0 Å². The zero-order valence-corrected chi connectivity index (χ0v) is 9.04. The van der Waals surface area contributed by atoms with E-state index in [2.05, 4.69) is 6.92 Å². The van der Waals surface area contributed by atoms with Gasteiger partial charge < -0.3 is 10.0 Å². The van der Waals surface area contributed by atoms with Gasteiger partial charge in [0, 0.05) is 25.6 Å². The molecule has 14 heavy (non-hydrogen) atoms. The van der Waals surface area contributed by atoms with Gasteiger partial charge in [-0.3, -0.25) is 4.79 Å². The molecule has 1 unspecified atom stereocenters. The second kappa shape index (κ2) is 6.02. The highest BCUT2D eigenvalue weighted by Crippen LogP contribution is 2.20. The summed E-state index contributed by atoms with van der Waals surface area (Å²) < 4.78 is 0. The Morgan fingerprint density at radius 3 is 2.93 bits per heavy atom. The Bertz CT molecular complexity index is 182. The van der Waals surface area contributed by atoms with E-state index in [1.165, 1.54) is 6.42 Å². The van der Waals surface area contributed by atoms with Crippen molar-refractivity contribution in [2.24, 2.45) is 0 Å². The van der Waals surface area contributed by atoms with Crippen molar-refractivity contribution in [2.45, 2.75) is 51.5 Å². The molecule has 1 fully saturated rings. The van der Waals surface area contributed by atoms with Crippen molar-refractivity contribution in [2.75, 3.05) is 13.2 Å². The number of aliphatic hydroxyl groups is 1. The summed E-state index contributed by atoms with van der Waals surface area (Å²) in [6.45, 7) is 3.28. The Balaban J connectivity index is 2.28. The number of hydrogen-bond acceptors (Lipinski definition) is 2. The van der Waals surface area contributed by atoms with Gasteiger partial charge in [0.25, 0.3) is 0 Å². The van der Waals surface area contributed by atoms with Gasteiger partial charge in [0.05, 0.1) is 0 Å². The maximum Gasteiger partial charge on any atom is 0.222 e. The third-order valence-electron chi connectivity index (χ3n) is 2.97. The molecule has 1 N–H and O–H groups in total. The summed E-state index contributed by atoms with van der Waals surface area (Å²) in [5, 5.41) is 8.62. The first-order chi connectivity index (χ1) is 6.79. The van der Waals surface area contributed by atoms with Crippen LogP contribution in [0.3, 0.4) is 0 Å². The van der Waals surface area contributed by atoms with Gasteiger partial charge in [-0.15, -0.1) is 0 Å². The molecule has 0 bridgehead atoms. The molecule has 1 aliphatic rings. The van der Waals surface area contributed by atoms with Crippen LogP contribution in [0.2, 0.25) is 0 Å². The van der Waals surface area contributed by atoms with Gasteiger partial charge in [0.1, 0.15) is 0 Å². The third kappa shape index (κ3) is 2.98. The van der Waals surface area contributed by atoms with Crippen LogP contribution >= 0.6 is 0 Å². The largest absolute Gasteiger partial charge is 0.396 e. The van der Waals surface area contributed by atoms with Crippen molar-refractivity contribution in [3.8, 4) is 0 Å². The number of nitrogens with zero attached hydrogens (tertiary/aromatic N) is 1. The number of aliphatic hydroxyl groups excluding tert-OH is 1. The second-order valence-electron chi connectivity index (χ2n) is 3.97. The quantitative estimate of drug-likeness (QED) is 0.682. The molecule has 1 saturated heterocycles. The summed E-state index contributed by atoms with van der Waals surface area (Å²) >= 11 is 0. The molecule has 1 amide bonds. The van der Waals surface area contributed by atoms with Gasteiger partial charge in [-0.05, 0) is 32.1 Å². The van der Waals surface area contributed by atoms with Crippen LogP contribution in [-0.4, -0.2) is 35.1 Å². The molecule has 0 aromatic carbocycles. The van der Waals surface area contributed by atoms with Gasteiger partial charge >= 0.3 is 0 Å². The fraction of sp³-hybridized carbons (Fsp3) is 0.909. The van der Waals surface area contributed by atoms with Crippen molar-refractivity contribution in [1.82, 2.24) is 4.90 Å². The topological polar surface area (TPSA) is 40.5 Å². The van der Waals surface area contributed by atoms with Crippen molar-refractivity contribution in [3.63, 3.8) is 0 Å². The lowest BCUT2D eigenvalue weighted by Crippen LogP contribution is -2.34. The van der Waals surface area contributed by atoms with E-state index in [4.69, 9.17) is 5.11 Å². The van der Waals surface area contributed by atoms with Crippen LogP contribution in [0, 0.1) is 0 Å². The molecule has 0 aliphatic carbocycles. The van der Waals surface area contributed by atoms with Crippen molar-refractivity contribution >= 4 is 5.91 Å². The van der Waals surface area contributed by atoms with E-state index in [0.717, 1.165) is 32.2 Å². The van der Waals surface area contributed by atoms with Gasteiger partial charge in [0.15, 0.2) is 0 Å².